The van der Waals surface area contributed by atoms with Gasteiger partial charge < -0.3 is 10.4 Å². The Bertz CT molecular complexity index is 728. The van der Waals surface area contributed by atoms with E-state index in [9.17, 15) is 14.9 Å². The van der Waals surface area contributed by atoms with Crippen LogP contribution in [0.5, 0.6) is 0 Å². The van der Waals surface area contributed by atoms with Crippen LogP contribution in [0.3, 0.4) is 0 Å². The molecule has 0 aliphatic heterocycles. The Morgan fingerprint density at radius 1 is 1.29 bits per heavy atom. The molecular formula is C14H13N3O4. The molecule has 0 atom stereocenters. The molecule has 0 spiro atoms. The maximum atomic E-state index is 11.1. The molecule has 0 saturated heterocycles. The van der Waals surface area contributed by atoms with E-state index in [0.29, 0.717) is 16.9 Å². The van der Waals surface area contributed by atoms with Crippen molar-refractivity contribution in [3.8, 4) is 0 Å². The van der Waals surface area contributed by atoms with E-state index in [1.54, 1.807) is 19.3 Å². The van der Waals surface area contributed by atoms with Gasteiger partial charge in [0.1, 0.15) is 0 Å². The van der Waals surface area contributed by atoms with Crippen LogP contribution < -0.4 is 5.32 Å². The van der Waals surface area contributed by atoms with Crippen molar-refractivity contribution in [3.63, 3.8) is 0 Å². The third-order valence-electron chi connectivity index (χ3n) is 2.98. The van der Waals surface area contributed by atoms with Gasteiger partial charge in [0, 0.05) is 18.0 Å². The molecule has 108 valence electrons. The van der Waals surface area contributed by atoms with Crippen LogP contribution in [-0.4, -0.2) is 21.0 Å². The van der Waals surface area contributed by atoms with Gasteiger partial charge in [-0.15, -0.1) is 0 Å². The first-order valence-corrected chi connectivity index (χ1v) is 6.09. The molecule has 0 saturated carbocycles. The van der Waals surface area contributed by atoms with E-state index in [-0.39, 0.29) is 11.3 Å². The van der Waals surface area contributed by atoms with Crippen molar-refractivity contribution < 1.29 is 14.8 Å². The van der Waals surface area contributed by atoms with Crippen molar-refractivity contribution >= 4 is 23.0 Å². The number of hydrogen-bond acceptors (Lipinski definition) is 5. The van der Waals surface area contributed by atoms with Gasteiger partial charge in [0.2, 0.25) is 0 Å². The van der Waals surface area contributed by atoms with Gasteiger partial charge in [0.15, 0.2) is 0 Å². The molecule has 0 aliphatic rings. The van der Waals surface area contributed by atoms with Crippen LogP contribution in [-0.2, 0) is 0 Å². The minimum Gasteiger partial charge on any atom is -0.478 e. The predicted octanol–water partition coefficient (Wildman–Crippen LogP) is 3.05. The Morgan fingerprint density at radius 2 is 2.00 bits per heavy atom. The van der Waals surface area contributed by atoms with Crippen LogP contribution in [0, 0.1) is 24.0 Å². The lowest BCUT2D eigenvalue weighted by molar-refractivity contribution is -0.385. The van der Waals surface area contributed by atoms with Crippen LogP contribution in [0.2, 0.25) is 0 Å². The molecule has 0 bridgehead atoms. The number of benzene rings is 1. The normalized spacial score (nSPS) is 10.2. The van der Waals surface area contributed by atoms with E-state index >= 15 is 0 Å². The number of hydrogen-bond donors (Lipinski definition) is 2. The highest BCUT2D eigenvalue weighted by Gasteiger charge is 2.19. The second-order valence-electron chi connectivity index (χ2n) is 4.61. The van der Waals surface area contributed by atoms with Crippen LogP contribution in [0.1, 0.15) is 21.5 Å². The van der Waals surface area contributed by atoms with Crippen LogP contribution >= 0.6 is 0 Å². The Hall–Kier alpha value is -2.96. The van der Waals surface area contributed by atoms with Crippen molar-refractivity contribution in [2.45, 2.75) is 13.8 Å². The van der Waals surface area contributed by atoms with Gasteiger partial charge in [-0.05, 0) is 31.5 Å². The zero-order chi connectivity index (χ0) is 15.6. The molecule has 0 fully saturated rings. The molecular weight excluding hydrogens is 274 g/mol. The number of pyridine rings is 1. The van der Waals surface area contributed by atoms with E-state index in [4.69, 9.17) is 5.11 Å². The van der Waals surface area contributed by atoms with Gasteiger partial charge in [0.25, 0.3) is 5.69 Å². The summed E-state index contributed by atoms with van der Waals surface area (Å²) in [4.78, 5) is 25.5. The van der Waals surface area contributed by atoms with E-state index < -0.39 is 10.9 Å². The highest BCUT2D eigenvalue weighted by molar-refractivity contribution is 5.91. The second-order valence-corrected chi connectivity index (χ2v) is 4.61. The molecule has 7 heteroatoms. The molecule has 0 unspecified atom stereocenters. The number of aromatic nitrogens is 1. The lowest BCUT2D eigenvalue weighted by atomic mass is 10.1. The summed E-state index contributed by atoms with van der Waals surface area (Å²) in [5.74, 6) is -1.22. The number of aromatic carboxylic acids is 1. The summed E-state index contributed by atoms with van der Waals surface area (Å²) in [5, 5.41) is 23.1. The van der Waals surface area contributed by atoms with Crippen molar-refractivity contribution in [1.82, 2.24) is 4.98 Å². The minimum atomic E-state index is -1.22. The number of carboxylic acid groups (broad SMARTS) is 1. The Morgan fingerprint density at radius 3 is 2.57 bits per heavy atom. The summed E-state index contributed by atoms with van der Waals surface area (Å²) >= 11 is 0. The average Bonchev–Trinajstić information content (AvgIpc) is 2.40. The number of rotatable bonds is 4. The van der Waals surface area contributed by atoms with Crippen LogP contribution in [0.15, 0.2) is 30.6 Å². The van der Waals surface area contributed by atoms with Crippen molar-refractivity contribution in [3.05, 3.63) is 57.4 Å². The zero-order valence-corrected chi connectivity index (χ0v) is 11.5. The number of nitro benzene ring substituents is 1. The van der Waals surface area contributed by atoms with E-state index in [0.717, 1.165) is 11.6 Å². The molecule has 0 aliphatic carbocycles. The molecule has 1 aromatic carbocycles. The predicted molar refractivity (Wildman–Crippen MR) is 77.0 cm³/mol. The van der Waals surface area contributed by atoms with Gasteiger partial charge in [-0.3, -0.25) is 15.1 Å². The number of nitro groups is 1. The van der Waals surface area contributed by atoms with Crippen molar-refractivity contribution in [1.29, 1.82) is 0 Å². The molecule has 0 radical (unpaired) electrons. The topological polar surface area (TPSA) is 105 Å². The molecule has 7 nitrogen and oxygen atoms in total. The average molecular weight is 287 g/mol. The molecule has 2 aromatic rings. The van der Waals surface area contributed by atoms with Crippen LogP contribution in [0.4, 0.5) is 17.1 Å². The molecule has 1 heterocycles. The van der Waals surface area contributed by atoms with E-state index in [1.165, 1.54) is 6.07 Å². The minimum absolute atomic E-state index is 0.143. The Balaban J connectivity index is 2.51. The lowest BCUT2D eigenvalue weighted by Crippen LogP contribution is -2.04. The first kappa shape index (κ1) is 14.4. The fraction of sp³-hybridized carbons (Fsp3) is 0.143. The number of anilines is 2. The SMILES string of the molecule is Cc1cncc(Nc2cc(C(=O)O)cc([N+](=O)[O-])c2C)c1. The largest absolute Gasteiger partial charge is 0.478 e. The molecule has 21 heavy (non-hydrogen) atoms. The number of carboxylic acids is 1. The van der Waals surface area contributed by atoms with E-state index in [1.807, 2.05) is 13.0 Å². The lowest BCUT2D eigenvalue weighted by Gasteiger charge is -2.11. The maximum Gasteiger partial charge on any atom is 0.336 e. The summed E-state index contributed by atoms with van der Waals surface area (Å²) < 4.78 is 0. The number of aryl methyl sites for hydroxylation is 1. The fourth-order valence-corrected chi connectivity index (χ4v) is 1.92. The molecule has 2 rings (SSSR count). The summed E-state index contributed by atoms with van der Waals surface area (Å²) in [5.41, 5.74) is 1.91. The van der Waals surface area contributed by atoms with Gasteiger partial charge in [-0.2, -0.15) is 0 Å². The standard InChI is InChI=1S/C14H13N3O4/c1-8-3-11(7-15-6-8)16-12-4-10(14(18)19)5-13(9(12)2)17(20)21/h3-7,16H,1-2H3,(H,18,19). The van der Waals surface area contributed by atoms with Gasteiger partial charge in [-0.1, -0.05) is 0 Å². The Kier molecular flexibility index (Phi) is 3.84. The zero-order valence-electron chi connectivity index (χ0n) is 11.5. The highest BCUT2D eigenvalue weighted by atomic mass is 16.6. The summed E-state index contributed by atoms with van der Waals surface area (Å²) in [6.45, 7) is 3.43. The first-order valence-electron chi connectivity index (χ1n) is 6.09. The number of nitrogens with zero attached hydrogens (tertiary/aromatic N) is 2. The molecule has 1 aromatic heterocycles. The third kappa shape index (κ3) is 3.14. The maximum absolute atomic E-state index is 11.1. The number of nitrogens with one attached hydrogen (secondary N) is 1. The van der Waals surface area contributed by atoms with Gasteiger partial charge in [0.05, 0.1) is 27.9 Å². The highest BCUT2D eigenvalue weighted by Crippen LogP contribution is 2.30. The monoisotopic (exact) mass is 287 g/mol. The fourth-order valence-electron chi connectivity index (χ4n) is 1.92. The smallest absolute Gasteiger partial charge is 0.336 e. The van der Waals surface area contributed by atoms with Crippen molar-refractivity contribution in [2.75, 3.05) is 5.32 Å². The summed E-state index contributed by atoms with van der Waals surface area (Å²) in [7, 11) is 0. The number of carbonyl (C=O) groups is 1. The summed E-state index contributed by atoms with van der Waals surface area (Å²) in [6.07, 6.45) is 3.24. The second kappa shape index (κ2) is 5.58. The van der Waals surface area contributed by atoms with E-state index in [2.05, 4.69) is 10.3 Å². The summed E-state index contributed by atoms with van der Waals surface area (Å²) in [6, 6.07) is 4.23. The third-order valence-corrected chi connectivity index (χ3v) is 2.98. The van der Waals surface area contributed by atoms with Crippen molar-refractivity contribution in [2.24, 2.45) is 0 Å². The molecule has 2 N–H and O–H groups in total. The Labute approximate surface area is 120 Å². The first-order chi connectivity index (χ1) is 9.88. The van der Waals surface area contributed by atoms with Gasteiger partial charge in [-0.25, -0.2) is 4.79 Å². The van der Waals surface area contributed by atoms with Crippen LogP contribution in [0.25, 0.3) is 0 Å². The van der Waals surface area contributed by atoms with Gasteiger partial charge >= 0.3 is 5.97 Å². The molecule has 0 amide bonds. The quantitative estimate of drug-likeness (QED) is 0.661.